The fourth-order valence-corrected chi connectivity index (χ4v) is 1.71. The van der Waals surface area contributed by atoms with Crippen molar-refractivity contribution < 1.29 is 0 Å². The van der Waals surface area contributed by atoms with Gasteiger partial charge in [0.05, 0.1) is 0 Å². The second kappa shape index (κ2) is 5.47. The van der Waals surface area contributed by atoms with Crippen LogP contribution < -0.4 is 5.32 Å². The highest BCUT2D eigenvalue weighted by Gasteiger charge is 2.00. The molecule has 1 N–H and O–H groups in total. The summed E-state index contributed by atoms with van der Waals surface area (Å²) in [6.45, 7) is 4.93. The van der Waals surface area contributed by atoms with Gasteiger partial charge in [-0.25, -0.2) is 0 Å². The minimum atomic E-state index is 0.890. The zero-order valence-corrected chi connectivity index (χ0v) is 9.56. The van der Waals surface area contributed by atoms with Gasteiger partial charge in [-0.2, -0.15) is 0 Å². The Bertz CT molecular complexity index is 420. The Labute approximate surface area is 96.1 Å². The summed E-state index contributed by atoms with van der Waals surface area (Å²) in [5.41, 5.74) is 2.54. The molecule has 2 aromatic heterocycles. The summed E-state index contributed by atoms with van der Waals surface area (Å²) in [4.78, 5) is 4.13. The summed E-state index contributed by atoms with van der Waals surface area (Å²) >= 11 is 0. The van der Waals surface area contributed by atoms with Crippen molar-refractivity contribution in [1.29, 1.82) is 0 Å². The van der Waals surface area contributed by atoms with E-state index in [0.717, 1.165) is 19.6 Å². The Hall–Kier alpha value is -1.61. The van der Waals surface area contributed by atoms with Crippen LogP contribution in [0.15, 0.2) is 42.9 Å². The highest BCUT2D eigenvalue weighted by atomic mass is 15.0. The van der Waals surface area contributed by atoms with E-state index in [1.54, 1.807) is 6.20 Å². The maximum Gasteiger partial charge on any atom is 0.0488 e. The van der Waals surface area contributed by atoms with Crippen molar-refractivity contribution in [3.05, 3.63) is 54.1 Å². The van der Waals surface area contributed by atoms with Crippen molar-refractivity contribution in [2.75, 3.05) is 6.54 Å². The predicted octanol–water partition coefficient (Wildman–Crippen LogP) is 2.04. The maximum atomic E-state index is 4.13. The zero-order chi connectivity index (χ0) is 11.2. The largest absolute Gasteiger partial charge is 0.346 e. The van der Waals surface area contributed by atoms with E-state index in [9.17, 15) is 0 Å². The number of aromatic nitrogens is 2. The zero-order valence-electron chi connectivity index (χ0n) is 9.56. The average molecular weight is 215 g/mol. The molecule has 0 fully saturated rings. The van der Waals surface area contributed by atoms with Crippen molar-refractivity contribution in [3.8, 4) is 0 Å². The Morgan fingerprint density at radius 2 is 2.25 bits per heavy atom. The molecule has 0 bridgehead atoms. The van der Waals surface area contributed by atoms with E-state index in [-0.39, 0.29) is 0 Å². The molecule has 0 saturated heterocycles. The summed E-state index contributed by atoms with van der Waals surface area (Å²) in [7, 11) is 0. The van der Waals surface area contributed by atoms with Crippen LogP contribution in [0, 0.1) is 0 Å². The predicted molar refractivity (Wildman–Crippen MR) is 65.2 cm³/mol. The molecule has 0 unspecified atom stereocenters. The van der Waals surface area contributed by atoms with E-state index in [1.165, 1.54) is 11.3 Å². The highest BCUT2D eigenvalue weighted by molar-refractivity contribution is 5.14. The Balaban J connectivity index is 2.07. The second-order valence-electron chi connectivity index (χ2n) is 3.77. The van der Waals surface area contributed by atoms with Crippen LogP contribution in [0.2, 0.25) is 0 Å². The normalized spacial score (nSPS) is 10.6. The van der Waals surface area contributed by atoms with E-state index < -0.39 is 0 Å². The molecule has 0 saturated carbocycles. The third-order valence-corrected chi connectivity index (χ3v) is 2.56. The van der Waals surface area contributed by atoms with Gasteiger partial charge in [-0.15, -0.1) is 0 Å². The lowest BCUT2D eigenvalue weighted by atomic mass is 10.3. The van der Waals surface area contributed by atoms with Crippen LogP contribution in [0.3, 0.4) is 0 Å². The van der Waals surface area contributed by atoms with Gasteiger partial charge in [0.1, 0.15) is 0 Å². The van der Waals surface area contributed by atoms with Gasteiger partial charge in [-0.1, -0.05) is 13.0 Å². The number of pyridine rings is 1. The molecule has 0 aliphatic carbocycles. The first-order valence-corrected chi connectivity index (χ1v) is 5.64. The molecule has 2 aromatic rings. The molecule has 0 radical (unpaired) electrons. The van der Waals surface area contributed by atoms with Crippen molar-refractivity contribution >= 4 is 0 Å². The van der Waals surface area contributed by atoms with Gasteiger partial charge in [0.25, 0.3) is 0 Å². The van der Waals surface area contributed by atoms with Crippen LogP contribution in [0.5, 0.6) is 0 Å². The van der Waals surface area contributed by atoms with E-state index >= 15 is 0 Å². The molecule has 0 amide bonds. The Morgan fingerprint density at radius 3 is 3.00 bits per heavy atom. The summed E-state index contributed by atoms with van der Waals surface area (Å²) in [6, 6.07) is 8.31. The summed E-state index contributed by atoms with van der Waals surface area (Å²) in [5, 5.41) is 3.34. The molecular formula is C13H17N3. The van der Waals surface area contributed by atoms with Crippen LogP contribution in [-0.4, -0.2) is 16.1 Å². The Morgan fingerprint density at radius 1 is 1.31 bits per heavy atom. The van der Waals surface area contributed by atoms with Gasteiger partial charge in [0.15, 0.2) is 0 Å². The first-order valence-electron chi connectivity index (χ1n) is 5.64. The van der Waals surface area contributed by atoms with Gasteiger partial charge in [0, 0.05) is 37.4 Å². The maximum absolute atomic E-state index is 4.13. The lowest BCUT2D eigenvalue weighted by Crippen LogP contribution is -2.15. The SMILES string of the molecule is CCNCc1cccn1Cc1cccnc1. The van der Waals surface area contributed by atoms with Gasteiger partial charge in [-0.05, 0) is 30.3 Å². The van der Waals surface area contributed by atoms with Crippen LogP contribution in [0.25, 0.3) is 0 Å². The lowest BCUT2D eigenvalue weighted by molar-refractivity contribution is 0.656. The van der Waals surface area contributed by atoms with Crippen molar-refractivity contribution in [1.82, 2.24) is 14.9 Å². The molecule has 3 heteroatoms. The van der Waals surface area contributed by atoms with Gasteiger partial charge in [-0.3, -0.25) is 4.98 Å². The number of hydrogen-bond donors (Lipinski definition) is 1. The molecule has 2 heterocycles. The highest BCUT2D eigenvalue weighted by Crippen LogP contribution is 2.06. The molecule has 0 atom stereocenters. The van der Waals surface area contributed by atoms with E-state index in [4.69, 9.17) is 0 Å². The van der Waals surface area contributed by atoms with Crippen LogP contribution in [-0.2, 0) is 13.1 Å². The minimum Gasteiger partial charge on any atom is -0.346 e. The number of rotatable bonds is 5. The van der Waals surface area contributed by atoms with E-state index in [2.05, 4.69) is 46.2 Å². The molecule has 84 valence electrons. The van der Waals surface area contributed by atoms with Gasteiger partial charge >= 0.3 is 0 Å². The van der Waals surface area contributed by atoms with Crippen LogP contribution in [0.4, 0.5) is 0 Å². The average Bonchev–Trinajstić information content (AvgIpc) is 2.75. The van der Waals surface area contributed by atoms with Crippen LogP contribution in [0.1, 0.15) is 18.2 Å². The van der Waals surface area contributed by atoms with Crippen molar-refractivity contribution in [2.45, 2.75) is 20.0 Å². The number of nitrogens with one attached hydrogen (secondary N) is 1. The molecule has 3 nitrogen and oxygen atoms in total. The third-order valence-electron chi connectivity index (χ3n) is 2.56. The van der Waals surface area contributed by atoms with E-state index in [1.807, 2.05) is 12.3 Å². The molecule has 0 aliphatic rings. The van der Waals surface area contributed by atoms with E-state index in [0.29, 0.717) is 0 Å². The number of hydrogen-bond acceptors (Lipinski definition) is 2. The van der Waals surface area contributed by atoms with Crippen molar-refractivity contribution in [3.63, 3.8) is 0 Å². The number of nitrogens with zero attached hydrogens (tertiary/aromatic N) is 2. The topological polar surface area (TPSA) is 29.9 Å². The quantitative estimate of drug-likeness (QED) is 0.827. The third kappa shape index (κ3) is 2.70. The first kappa shape index (κ1) is 10.9. The fraction of sp³-hybridized carbons (Fsp3) is 0.308. The summed E-state index contributed by atoms with van der Waals surface area (Å²) < 4.78 is 2.25. The molecule has 0 spiro atoms. The Kier molecular flexibility index (Phi) is 3.72. The summed E-state index contributed by atoms with van der Waals surface area (Å²) in [5.74, 6) is 0. The van der Waals surface area contributed by atoms with Gasteiger partial charge < -0.3 is 9.88 Å². The first-order chi connectivity index (χ1) is 7.90. The molecule has 0 aromatic carbocycles. The minimum absolute atomic E-state index is 0.890. The summed E-state index contributed by atoms with van der Waals surface area (Å²) in [6.07, 6.45) is 5.83. The monoisotopic (exact) mass is 215 g/mol. The lowest BCUT2D eigenvalue weighted by Gasteiger charge is -2.09. The molecule has 2 rings (SSSR count). The van der Waals surface area contributed by atoms with Crippen molar-refractivity contribution in [2.24, 2.45) is 0 Å². The van der Waals surface area contributed by atoms with Crippen LogP contribution >= 0.6 is 0 Å². The smallest absolute Gasteiger partial charge is 0.0488 e. The standard InChI is InChI=1S/C13H17N3/c1-2-14-10-13-6-4-8-16(13)11-12-5-3-7-15-9-12/h3-9,14H,2,10-11H2,1H3. The molecule has 16 heavy (non-hydrogen) atoms. The molecule has 0 aliphatic heterocycles. The van der Waals surface area contributed by atoms with Gasteiger partial charge in [0.2, 0.25) is 0 Å². The second-order valence-corrected chi connectivity index (χ2v) is 3.77. The molecular weight excluding hydrogens is 198 g/mol. The fourth-order valence-electron chi connectivity index (χ4n) is 1.71.